The van der Waals surface area contributed by atoms with E-state index in [1.807, 2.05) is 18.2 Å². The maximum Gasteiger partial charge on any atom is 0.126 e. The van der Waals surface area contributed by atoms with Crippen LogP contribution in [0.3, 0.4) is 0 Å². The zero-order chi connectivity index (χ0) is 12.3. The van der Waals surface area contributed by atoms with E-state index in [4.69, 9.17) is 21.1 Å². The molecule has 17 heavy (non-hydrogen) atoms. The highest BCUT2D eigenvalue weighted by Gasteiger charge is 2.29. The molecule has 0 aromatic heterocycles. The first-order chi connectivity index (χ1) is 8.27. The molecule has 1 aromatic carbocycles. The van der Waals surface area contributed by atoms with Gasteiger partial charge in [0.1, 0.15) is 11.5 Å². The van der Waals surface area contributed by atoms with Crippen LogP contribution in [0.15, 0.2) is 18.2 Å². The fourth-order valence-corrected chi connectivity index (χ4v) is 3.06. The maximum absolute atomic E-state index is 6.46. The molecule has 0 spiro atoms. The maximum atomic E-state index is 6.46. The minimum atomic E-state index is 0.189. The Kier molecular flexibility index (Phi) is 4.16. The van der Waals surface area contributed by atoms with E-state index in [2.05, 4.69) is 0 Å². The van der Waals surface area contributed by atoms with Gasteiger partial charge in [-0.25, -0.2) is 0 Å². The lowest BCUT2D eigenvalue weighted by atomic mass is 9.82. The van der Waals surface area contributed by atoms with Gasteiger partial charge < -0.3 is 9.47 Å². The molecular formula is C14H19ClO2. The summed E-state index contributed by atoms with van der Waals surface area (Å²) in [7, 11) is 3.40. The minimum absolute atomic E-state index is 0.189. The van der Waals surface area contributed by atoms with Crippen molar-refractivity contribution in [2.75, 3.05) is 14.2 Å². The van der Waals surface area contributed by atoms with E-state index in [-0.39, 0.29) is 5.38 Å². The molecule has 0 aliphatic heterocycles. The number of alkyl halides is 1. The Balaban J connectivity index is 2.40. The second-order valence-electron chi connectivity index (χ2n) is 4.48. The summed E-state index contributed by atoms with van der Waals surface area (Å²) in [6, 6.07) is 5.92. The summed E-state index contributed by atoms with van der Waals surface area (Å²) in [4.78, 5) is 0. The van der Waals surface area contributed by atoms with Crippen LogP contribution in [0.2, 0.25) is 0 Å². The SMILES string of the molecule is COc1cccc(OC)c1C1CCCCC1Cl. The standard InChI is InChI=1S/C14H19ClO2/c1-16-12-8-5-9-13(17-2)14(12)10-6-3-4-7-11(10)15/h5,8-11H,3-4,6-7H2,1-2H3. The third-order valence-electron chi connectivity index (χ3n) is 3.52. The molecule has 2 unspecified atom stereocenters. The predicted octanol–water partition coefficient (Wildman–Crippen LogP) is 3.97. The number of halogens is 1. The van der Waals surface area contributed by atoms with Gasteiger partial charge in [-0.15, -0.1) is 11.6 Å². The monoisotopic (exact) mass is 254 g/mol. The molecule has 0 radical (unpaired) electrons. The number of hydrogen-bond acceptors (Lipinski definition) is 2. The lowest BCUT2D eigenvalue weighted by Gasteiger charge is -2.29. The van der Waals surface area contributed by atoms with Crippen molar-refractivity contribution >= 4 is 11.6 Å². The molecule has 0 bridgehead atoms. The Morgan fingerprint density at radius 3 is 2.18 bits per heavy atom. The van der Waals surface area contributed by atoms with Crippen LogP contribution in [-0.4, -0.2) is 19.6 Å². The Morgan fingerprint density at radius 1 is 1.06 bits per heavy atom. The summed E-state index contributed by atoms with van der Waals surface area (Å²) in [5.74, 6) is 2.13. The van der Waals surface area contributed by atoms with Crippen LogP contribution in [-0.2, 0) is 0 Å². The van der Waals surface area contributed by atoms with Crippen LogP contribution < -0.4 is 9.47 Å². The number of rotatable bonds is 3. The van der Waals surface area contributed by atoms with Crippen LogP contribution in [0, 0.1) is 0 Å². The van der Waals surface area contributed by atoms with E-state index >= 15 is 0 Å². The highest BCUT2D eigenvalue weighted by Crippen LogP contribution is 2.44. The fraction of sp³-hybridized carbons (Fsp3) is 0.571. The van der Waals surface area contributed by atoms with Crippen LogP contribution >= 0.6 is 11.6 Å². The average molecular weight is 255 g/mol. The molecule has 1 fully saturated rings. The van der Waals surface area contributed by atoms with E-state index in [0.29, 0.717) is 5.92 Å². The fourth-order valence-electron chi connectivity index (χ4n) is 2.66. The van der Waals surface area contributed by atoms with Crippen LogP contribution in [0.5, 0.6) is 11.5 Å². The van der Waals surface area contributed by atoms with Crippen molar-refractivity contribution < 1.29 is 9.47 Å². The topological polar surface area (TPSA) is 18.5 Å². The summed E-state index contributed by atoms with van der Waals surface area (Å²) < 4.78 is 10.9. The first-order valence-electron chi connectivity index (χ1n) is 6.13. The van der Waals surface area contributed by atoms with Gasteiger partial charge in [-0.05, 0) is 25.0 Å². The summed E-state index contributed by atoms with van der Waals surface area (Å²) >= 11 is 6.46. The Bertz CT molecular complexity index is 356. The van der Waals surface area contributed by atoms with Crippen LogP contribution in [0.25, 0.3) is 0 Å². The molecule has 2 atom stereocenters. The summed E-state index contributed by atoms with van der Waals surface area (Å²) in [5.41, 5.74) is 1.14. The number of benzene rings is 1. The van der Waals surface area contributed by atoms with Crippen molar-refractivity contribution in [3.8, 4) is 11.5 Å². The van der Waals surface area contributed by atoms with Crippen LogP contribution in [0.1, 0.15) is 37.2 Å². The zero-order valence-electron chi connectivity index (χ0n) is 10.4. The number of methoxy groups -OCH3 is 2. The number of hydrogen-bond donors (Lipinski definition) is 0. The molecule has 2 nitrogen and oxygen atoms in total. The first kappa shape index (κ1) is 12.6. The summed E-state index contributed by atoms with van der Waals surface area (Å²) in [5, 5.41) is 0.189. The van der Waals surface area contributed by atoms with Gasteiger partial charge in [-0.3, -0.25) is 0 Å². The van der Waals surface area contributed by atoms with Gasteiger partial charge in [-0.2, -0.15) is 0 Å². The molecule has 0 saturated heterocycles. The van der Waals surface area contributed by atoms with Gasteiger partial charge in [0, 0.05) is 16.9 Å². The van der Waals surface area contributed by atoms with Crippen molar-refractivity contribution in [1.29, 1.82) is 0 Å². The molecule has 1 aliphatic carbocycles. The van der Waals surface area contributed by atoms with Gasteiger partial charge in [0.25, 0.3) is 0 Å². The first-order valence-corrected chi connectivity index (χ1v) is 6.56. The molecule has 0 N–H and O–H groups in total. The van der Waals surface area contributed by atoms with E-state index in [0.717, 1.165) is 29.9 Å². The third-order valence-corrected chi connectivity index (χ3v) is 4.04. The Hall–Kier alpha value is -0.890. The normalized spacial score (nSPS) is 24.4. The van der Waals surface area contributed by atoms with Crippen molar-refractivity contribution in [2.24, 2.45) is 0 Å². The Labute approximate surface area is 108 Å². The smallest absolute Gasteiger partial charge is 0.126 e. The van der Waals surface area contributed by atoms with E-state index in [9.17, 15) is 0 Å². The zero-order valence-corrected chi connectivity index (χ0v) is 11.2. The van der Waals surface area contributed by atoms with Gasteiger partial charge in [0.15, 0.2) is 0 Å². The Morgan fingerprint density at radius 2 is 1.65 bits per heavy atom. The molecule has 2 rings (SSSR count). The lowest BCUT2D eigenvalue weighted by Crippen LogP contribution is -2.19. The lowest BCUT2D eigenvalue weighted by molar-refractivity contribution is 0.361. The van der Waals surface area contributed by atoms with Crippen molar-refractivity contribution in [2.45, 2.75) is 37.0 Å². The second-order valence-corrected chi connectivity index (χ2v) is 5.04. The molecule has 0 heterocycles. The van der Waals surface area contributed by atoms with Crippen molar-refractivity contribution in [3.63, 3.8) is 0 Å². The molecule has 1 saturated carbocycles. The second kappa shape index (κ2) is 5.63. The van der Waals surface area contributed by atoms with Crippen molar-refractivity contribution in [1.82, 2.24) is 0 Å². The number of ether oxygens (including phenoxy) is 2. The highest BCUT2D eigenvalue weighted by atomic mass is 35.5. The van der Waals surface area contributed by atoms with Gasteiger partial charge in [0.2, 0.25) is 0 Å². The summed E-state index contributed by atoms with van der Waals surface area (Å²) in [6.45, 7) is 0. The minimum Gasteiger partial charge on any atom is -0.496 e. The van der Waals surface area contributed by atoms with Gasteiger partial charge in [-0.1, -0.05) is 18.9 Å². The highest BCUT2D eigenvalue weighted by molar-refractivity contribution is 6.21. The van der Waals surface area contributed by atoms with E-state index in [1.165, 1.54) is 12.8 Å². The van der Waals surface area contributed by atoms with E-state index in [1.54, 1.807) is 14.2 Å². The molecular weight excluding hydrogens is 236 g/mol. The van der Waals surface area contributed by atoms with Crippen LogP contribution in [0.4, 0.5) is 0 Å². The molecule has 94 valence electrons. The molecule has 0 amide bonds. The van der Waals surface area contributed by atoms with E-state index < -0.39 is 0 Å². The largest absolute Gasteiger partial charge is 0.496 e. The van der Waals surface area contributed by atoms with Crippen molar-refractivity contribution in [3.05, 3.63) is 23.8 Å². The molecule has 1 aromatic rings. The molecule has 3 heteroatoms. The summed E-state index contributed by atoms with van der Waals surface area (Å²) in [6.07, 6.45) is 4.65. The quantitative estimate of drug-likeness (QED) is 0.760. The third kappa shape index (κ3) is 2.52. The predicted molar refractivity (Wildman–Crippen MR) is 70.4 cm³/mol. The average Bonchev–Trinajstić information content (AvgIpc) is 2.38. The van der Waals surface area contributed by atoms with Gasteiger partial charge in [0.05, 0.1) is 14.2 Å². The van der Waals surface area contributed by atoms with Gasteiger partial charge >= 0.3 is 0 Å². The molecule has 1 aliphatic rings.